The van der Waals surface area contributed by atoms with Crippen LogP contribution in [0.1, 0.15) is 32.6 Å². The quantitative estimate of drug-likeness (QED) is 0.795. The molecule has 2 atom stereocenters. The van der Waals surface area contributed by atoms with Crippen molar-refractivity contribution in [2.75, 3.05) is 19.1 Å². The highest BCUT2D eigenvalue weighted by atomic mass is 32.2. The van der Waals surface area contributed by atoms with Gasteiger partial charge in [0.05, 0.1) is 12.7 Å². The highest BCUT2D eigenvalue weighted by Gasteiger charge is 2.37. The third-order valence-electron chi connectivity index (χ3n) is 3.99. The lowest BCUT2D eigenvalue weighted by Crippen LogP contribution is -2.35. The summed E-state index contributed by atoms with van der Waals surface area (Å²) in [5.74, 6) is -0.172. The Labute approximate surface area is 127 Å². The van der Waals surface area contributed by atoms with E-state index < -0.39 is 16.8 Å². The topological polar surface area (TPSA) is 72.5 Å². The van der Waals surface area contributed by atoms with Crippen molar-refractivity contribution in [2.24, 2.45) is 5.92 Å². The van der Waals surface area contributed by atoms with Crippen LogP contribution >= 0.6 is 0 Å². The molecule has 1 aliphatic heterocycles. The third-order valence-corrected chi connectivity index (χ3v) is 4.81. The Morgan fingerprint density at radius 3 is 2.76 bits per heavy atom. The van der Waals surface area contributed by atoms with E-state index in [1.165, 1.54) is 7.11 Å². The average Bonchev–Trinajstić information content (AvgIpc) is 2.43. The van der Waals surface area contributed by atoms with E-state index in [0.29, 0.717) is 29.7 Å². The van der Waals surface area contributed by atoms with Crippen LogP contribution in [0.4, 0.5) is 0 Å². The molecule has 116 valence electrons. The van der Waals surface area contributed by atoms with Crippen molar-refractivity contribution in [3.05, 3.63) is 22.5 Å². The van der Waals surface area contributed by atoms with E-state index in [2.05, 4.69) is 5.32 Å². The van der Waals surface area contributed by atoms with E-state index in [0.717, 1.165) is 24.2 Å². The van der Waals surface area contributed by atoms with Gasteiger partial charge in [-0.15, -0.1) is 0 Å². The van der Waals surface area contributed by atoms with Crippen LogP contribution in [0.2, 0.25) is 0 Å². The summed E-state index contributed by atoms with van der Waals surface area (Å²) in [6, 6.07) is 0. The maximum absolute atomic E-state index is 12.3. The number of ether oxygens (including phenoxy) is 1. The predicted molar refractivity (Wildman–Crippen MR) is 80.8 cm³/mol. The monoisotopic (exact) mass is 311 g/mol. The molecule has 2 aliphatic rings. The van der Waals surface area contributed by atoms with Crippen molar-refractivity contribution < 1.29 is 18.5 Å². The van der Waals surface area contributed by atoms with Gasteiger partial charge in [0.1, 0.15) is 0 Å². The van der Waals surface area contributed by atoms with Crippen LogP contribution in [0.3, 0.4) is 0 Å². The first-order valence-corrected chi connectivity index (χ1v) is 8.80. The lowest BCUT2D eigenvalue weighted by Gasteiger charge is -2.33. The molecule has 0 aromatic heterocycles. The fourth-order valence-corrected chi connectivity index (χ4v) is 3.64. The minimum absolute atomic E-state index is 0.0875. The second kappa shape index (κ2) is 6.56. The number of ketones is 1. The highest BCUT2D eigenvalue weighted by Crippen LogP contribution is 2.38. The molecule has 6 heteroatoms. The van der Waals surface area contributed by atoms with Gasteiger partial charge in [0.2, 0.25) is 0 Å². The van der Waals surface area contributed by atoms with Gasteiger partial charge in [0.15, 0.2) is 5.78 Å². The first kappa shape index (κ1) is 15.9. The van der Waals surface area contributed by atoms with Crippen LogP contribution in [-0.2, 0) is 25.1 Å². The third kappa shape index (κ3) is 3.26. The number of nitrogens with one attached hydrogen (secondary N) is 1. The lowest BCUT2D eigenvalue weighted by atomic mass is 9.77. The summed E-state index contributed by atoms with van der Waals surface area (Å²) in [5, 5.41) is 3.19. The van der Waals surface area contributed by atoms with Crippen molar-refractivity contribution in [3.8, 4) is 0 Å². The zero-order chi connectivity index (χ0) is 15.6. The predicted octanol–water partition coefficient (Wildman–Crippen LogP) is 1.43. The molecule has 0 saturated carbocycles. The second-order valence-electron chi connectivity index (χ2n) is 5.44. The number of carbonyl (C=O) groups is 2. The van der Waals surface area contributed by atoms with Crippen LogP contribution in [0.25, 0.3) is 0 Å². The number of rotatable bonds is 4. The lowest BCUT2D eigenvalue weighted by molar-refractivity contribution is -0.136. The fourth-order valence-electron chi connectivity index (χ4n) is 3.07. The summed E-state index contributed by atoms with van der Waals surface area (Å²) in [7, 11) is 0.377. The molecule has 2 unspecified atom stereocenters. The van der Waals surface area contributed by atoms with Crippen molar-refractivity contribution in [1.29, 1.82) is 0 Å². The van der Waals surface area contributed by atoms with Crippen molar-refractivity contribution >= 4 is 22.6 Å². The molecule has 1 N–H and O–H groups in total. The van der Waals surface area contributed by atoms with Gasteiger partial charge in [-0.25, -0.2) is 4.79 Å². The number of carbonyl (C=O) groups excluding carboxylic acids is 2. The van der Waals surface area contributed by atoms with E-state index >= 15 is 0 Å². The molecule has 0 spiro atoms. The molecule has 0 amide bonds. The fraction of sp³-hybridized carbons (Fsp3) is 0.600. The van der Waals surface area contributed by atoms with Crippen LogP contribution in [-0.4, -0.2) is 35.1 Å². The molecule has 1 heterocycles. The standard InChI is InChI=1S/C15H21NO4S/c1-9-13(15(18)20-2)10(7-8-21(3)19)14-11(16-9)5-4-6-12(14)17/h10,16H,4-8H2,1-3H3. The van der Waals surface area contributed by atoms with Gasteiger partial charge in [-0.05, 0) is 26.2 Å². The average molecular weight is 311 g/mol. The summed E-state index contributed by atoms with van der Waals surface area (Å²) in [6.07, 6.45) is 4.32. The van der Waals surface area contributed by atoms with Gasteiger partial charge in [-0.1, -0.05) is 0 Å². The number of hydrogen-bond acceptors (Lipinski definition) is 5. The molecule has 0 fully saturated rings. The van der Waals surface area contributed by atoms with Crippen molar-refractivity contribution in [1.82, 2.24) is 5.32 Å². The maximum atomic E-state index is 12.3. The van der Waals surface area contributed by atoms with E-state index in [-0.39, 0.29) is 11.7 Å². The molecule has 2 rings (SSSR count). The Morgan fingerprint density at radius 1 is 1.43 bits per heavy atom. The molecule has 0 radical (unpaired) electrons. The van der Waals surface area contributed by atoms with Crippen LogP contribution < -0.4 is 5.32 Å². The van der Waals surface area contributed by atoms with E-state index in [1.807, 2.05) is 6.92 Å². The smallest absolute Gasteiger partial charge is 0.336 e. The summed E-state index contributed by atoms with van der Waals surface area (Å²) in [4.78, 5) is 24.4. The Kier molecular flexibility index (Phi) is 4.98. The zero-order valence-electron chi connectivity index (χ0n) is 12.7. The largest absolute Gasteiger partial charge is 0.466 e. The normalized spacial score (nSPS) is 23.6. The number of allylic oxidation sites excluding steroid dienone is 3. The molecule has 21 heavy (non-hydrogen) atoms. The molecule has 0 aromatic carbocycles. The van der Waals surface area contributed by atoms with Crippen LogP contribution in [0.15, 0.2) is 22.5 Å². The first-order chi connectivity index (χ1) is 9.95. The Bertz CT molecular complexity index is 562. The Hall–Kier alpha value is -1.43. The molecule has 1 aliphatic carbocycles. The minimum Gasteiger partial charge on any atom is -0.466 e. The molecule has 0 saturated heterocycles. The molecule has 0 bridgehead atoms. The highest BCUT2D eigenvalue weighted by molar-refractivity contribution is 7.84. The number of methoxy groups -OCH3 is 1. The summed E-state index contributed by atoms with van der Waals surface area (Å²) < 4.78 is 16.3. The van der Waals surface area contributed by atoms with Crippen LogP contribution in [0, 0.1) is 5.92 Å². The van der Waals surface area contributed by atoms with E-state index in [9.17, 15) is 13.8 Å². The second-order valence-corrected chi connectivity index (χ2v) is 7.00. The van der Waals surface area contributed by atoms with Crippen molar-refractivity contribution in [3.63, 3.8) is 0 Å². The number of hydrogen-bond donors (Lipinski definition) is 1. The van der Waals surface area contributed by atoms with Gasteiger partial charge in [-0.2, -0.15) is 0 Å². The molecule has 0 aromatic rings. The molecular weight excluding hydrogens is 290 g/mol. The van der Waals surface area contributed by atoms with Gasteiger partial charge < -0.3 is 10.1 Å². The van der Waals surface area contributed by atoms with Crippen molar-refractivity contribution in [2.45, 2.75) is 32.6 Å². The van der Waals surface area contributed by atoms with Gasteiger partial charge in [0.25, 0.3) is 0 Å². The number of esters is 1. The van der Waals surface area contributed by atoms with E-state index in [1.54, 1.807) is 6.26 Å². The SMILES string of the molecule is COC(=O)C1=C(C)NC2=C(C(=O)CCC2)C1CCS(C)=O. The number of Topliss-reactive ketones (excluding diaryl/α,β-unsaturated/α-hetero) is 1. The minimum atomic E-state index is -0.961. The maximum Gasteiger partial charge on any atom is 0.336 e. The van der Waals surface area contributed by atoms with Gasteiger partial charge >= 0.3 is 5.97 Å². The van der Waals surface area contributed by atoms with Gasteiger partial charge in [0, 0.05) is 52.1 Å². The van der Waals surface area contributed by atoms with E-state index in [4.69, 9.17) is 4.74 Å². The summed E-state index contributed by atoms with van der Waals surface area (Å²) in [5.41, 5.74) is 2.85. The Balaban J connectivity index is 2.42. The zero-order valence-corrected chi connectivity index (χ0v) is 13.5. The summed E-state index contributed by atoms with van der Waals surface area (Å²) >= 11 is 0. The molecule has 5 nitrogen and oxygen atoms in total. The first-order valence-electron chi connectivity index (χ1n) is 7.08. The van der Waals surface area contributed by atoms with Crippen LogP contribution in [0.5, 0.6) is 0 Å². The van der Waals surface area contributed by atoms with Gasteiger partial charge in [-0.3, -0.25) is 9.00 Å². The summed E-state index contributed by atoms with van der Waals surface area (Å²) in [6.45, 7) is 1.82. The molecular formula is C15H21NO4S. The Morgan fingerprint density at radius 2 is 2.14 bits per heavy atom. The number of dihydropyridines is 1.